The maximum atomic E-state index is 16.6. The van der Waals surface area contributed by atoms with Gasteiger partial charge in [-0.05, 0) is 37.3 Å². The predicted octanol–water partition coefficient (Wildman–Crippen LogP) is 6.75. The van der Waals surface area contributed by atoms with Crippen LogP contribution in [0.25, 0.3) is 32.9 Å². The number of ether oxygens (including phenoxy) is 1. The van der Waals surface area contributed by atoms with Gasteiger partial charge in [-0.25, -0.2) is 22.8 Å². The van der Waals surface area contributed by atoms with Gasteiger partial charge in [0.15, 0.2) is 5.82 Å². The summed E-state index contributed by atoms with van der Waals surface area (Å²) in [5.41, 5.74) is 0.343. The van der Waals surface area contributed by atoms with Crippen LogP contribution >= 0.6 is 11.6 Å². The number of nitrogens with zero attached hydrogens (tertiary/aromatic N) is 5. The van der Waals surface area contributed by atoms with Crippen molar-refractivity contribution in [1.29, 1.82) is 0 Å². The number of hydrogen-bond acceptors (Lipinski definition) is 9. The van der Waals surface area contributed by atoms with Gasteiger partial charge in [-0.1, -0.05) is 41.9 Å². The highest BCUT2D eigenvalue weighted by Gasteiger charge is 2.49. The molecule has 302 valence electrons. The number of anilines is 1. The number of carbonyl (C=O) groups is 2. The largest absolute Gasteiger partial charge is 0.490 e. The Balaban J connectivity index is 0.000000326. The maximum Gasteiger partial charge on any atom is 0.490 e. The Morgan fingerprint density at radius 1 is 0.982 bits per heavy atom. The molecule has 4 fully saturated rings. The third-order valence-corrected chi connectivity index (χ3v) is 10.3. The minimum absolute atomic E-state index is 0.0238. The summed E-state index contributed by atoms with van der Waals surface area (Å²) in [5.74, 6) is -5.66. The molecule has 56 heavy (non-hydrogen) atoms. The fourth-order valence-corrected chi connectivity index (χ4v) is 7.90. The van der Waals surface area contributed by atoms with Gasteiger partial charge in [-0.2, -0.15) is 36.3 Å². The fraction of sp³-hybridized carbons (Fsp3) is 0.457. The zero-order valence-electron chi connectivity index (χ0n) is 28.8. The number of pyridine rings is 1. The van der Waals surface area contributed by atoms with Crippen molar-refractivity contribution in [2.75, 3.05) is 37.7 Å². The zero-order valence-corrected chi connectivity index (χ0v) is 29.6. The van der Waals surface area contributed by atoms with Crippen molar-refractivity contribution in [3.63, 3.8) is 0 Å². The van der Waals surface area contributed by atoms with E-state index in [1.807, 2.05) is 29.2 Å². The first-order chi connectivity index (χ1) is 26.3. The number of halogens is 10. The van der Waals surface area contributed by atoms with E-state index in [0.29, 0.717) is 59.7 Å². The fourth-order valence-electron chi connectivity index (χ4n) is 7.61. The molecule has 4 aliphatic rings. The van der Waals surface area contributed by atoms with Crippen LogP contribution in [-0.4, -0.2) is 117 Å². The summed E-state index contributed by atoms with van der Waals surface area (Å²) in [6.07, 6.45) is -7.80. The number of fused-ring (bicyclic) bond motifs is 5. The minimum atomic E-state index is -5.08. The Hall–Kier alpha value is -4.69. The topological polar surface area (TPSA) is 141 Å². The zero-order chi connectivity index (χ0) is 40.7. The van der Waals surface area contributed by atoms with Crippen LogP contribution in [0.4, 0.5) is 45.3 Å². The van der Waals surface area contributed by atoms with Crippen molar-refractivity contribution >= 4 is 51.0 Å². The van der Waals surface area contributed by atoms with E-state index >= 15 is 4.39 Å². The number of carboxylic acids is 2. The van der Waals surface area contributed by atoms with E-state index < -0.39 is 48.0 Å². The van der Waals surface area contributed by atoms with Crippen LogP contribution in [0.1, 0.15) is 25.7 Å². The van der Waals surface area contributed by atoms with Gasteiger partial charge in [0.2, 0.25) is 0 Å². The molecule has 0 saturated carbocycles. The molecule has 0 spiro atoms. The molecule has 4 saturated heterocycles. The molecule has 0 aliphatic carbocycles. The van der Waals surface area contributed by atoms with E-state index in [2.05, 4.69) is 20.2 Å². The number of aliphatic carboxylic acids is 2. The first-order valence-corrected chi connectivity index (χ1v) is 17.5. The molecule has 8 rings (SSSR count). The van der Waals surface area contributed by atoms with E-state index in [9.17, 15) is 35.1 Å². The Morgan fingerprint density at radius 3 is 2.29 bits per heavy atom. The molecule has 2 aromatic heterocycles. The molecule has 21 heteroatoms. The Labute approximate surface area is 316 Å². The lowest BCUT2D eigenvalue weighted by molar-refractivity contribution is -0.193. The molecule has 0 radical (unpaired) electrons. The standard InChI is InChI=1S/C31H30ClF3N6O.2C2HF3O2/c32-22-7-2-5-17-4-1-6-20(25(17)22)27-26(35)28-21(12-36-27)29(40-14-19-10-23(34)24(15-40)37-19)39-30(38-28)42-16-31-8-3-9-41(31)13-18(33)11-31;2*3-2(4,5)1(6)7/h1-2,4-7,12,18-19,23-24,37H,3,8-11,13-16H2;2*(H,6,7). The number of hydrogen-bond donors (Lipinski definition) is 3. The normalized spacial score (nSPS) is 24.6. The van der Waals surface area contributed by atoms with Gasteiger partial charge < -0.3 is 25.2 Å². The van der Waals surface area contributed by atoms with Crippen LogP contribution in [0.3, 0.4) is 0 Å². The van der Waals surface area contributed by atoms with Crippen molar-refractivity contribution in [3.8, 4) is 17.3 Å². The van der Waals surface area contributed by atoms with Crippen molar-refractivity contribution in [2.45, 2.75) is 68.0 Å². The number of alkyl halides is 8. The third-order valence-electron chi connectivity index (χ3n) is 10.0. The number of aromatic nitrogens is 3. The molecule has 4 aliphatic heterocycles. The summed E-state index contributed by atoms with van der Waals surface area (Å²) in [4.78, 5) is 35.8. The van der Waals surface area contributed by atoms with Crippen LogP contribution in [0, 0.1) is 5.82 Å². The quantitative estimate of drug-likeness (QED) is 0.184. The van der Waals surface area contributed by atoms with E-state index in [1.54, 1.807) is 18.3 Å². The van der Waals surface area contributed by atoms with Gasteiger partial charge in [0, 0.05) is 54.3 Å². The second kappa shape index (κ2) is 15.7. The summed E-state index contributed by atoms with van der Waals surface area (Å²) < 4.78 is 115. The molecule has 2 bridgehead atoms. The summed E-state index contributed by atoms with van der Waals surface area (Å²) in [7, 11) is 0. The summed E-state index contributed by atoms with van der Waals surface area (Å²) in [5, 5.41) is 20.1. The minimum Gasteiger partial charge on any atom is -0.475 e. The van der Waals surface area contributed by atoms with Crippen molar-refractivity contribution in [1.82, 2.24) is 25.2 Å². The molecule has 4 aromatic rings. The van der Waals surface area contributed by atoms with Crippen molar-refractivity contribution in [2.24, 2.45) is 0 Å². The number of benzene rings is 2. The molecule has 5 atom stereocenters. The number of carboxylic acid groups (broad SMARTS) is 2. The monoisotopic (exact) mass is 822 g/mol. The number of rotatable bonds is 5. The van der Waals surface area contributed by atoms with Gasteiger partial charge in [-0.15, -0.1) is 0 Å². The van der Waals surface area contributed by atoms with E-state index in [4.69, 9.17) is 41.1 Å². The van der Waals surface area contributed by atoms with Gasteiger partial charge in [0.05, 0.1) is 17.0 Å². The predicted molar refractivity (Wildman–Crippen MR) is 184 cm³/mol. The highest BCUT2D eigenvalue weighted by atomic mass is 35.5. The van der Waals surface area contributed by atoms with Gasteiger partial charge in [0.25, 0.3) is 0 Å². The summed E-state index contributed by atoms with van der Waals surface area (Å²) >= 11 is 6.57. The SMILES string of the molecule is Fc1c(-c2cccc3cccc(Cl)c23)ncc2c(N3CC4CC(F)C(C3)N4)nc(OCC34CCCN3CC(F)C4)nc12.O=C(O)C(F)(F)F.O=C(O)C(F)(F)F. The average Bonchev–Trinajstić information content (AvgIpc) is 3.74. The van der Waals surface area contributed by atoms with Crippen LogP contribution in [-0.2, 0) is 9.59 Å². The lowest BCUT2D eigenvalue weighted by Crippen LogP contribution is -2.52. The van der Waals surface area contributed by atoms with Crippen molar-refractivity contribution in [3.05, 3.63) is 53.4 Å². The molecule has 0 amide bonds. The first-order valence-electron chi connectivity index (χ1n) is 17.1. The average molecular weight is 823 g/mol. The molecule has 6 heterocycles. The lowest BCUT2D eigenvalue weighted by atomic mass is 9.95. The molecule has 11 nitrogen and oxygen atoms in total. The van der Waals surface area contributed by atoms with E-state index in [1.165, 1.54) is 0 Å². The van der Waals surface area contributed by atoms with Gasteiger partial charge >= 0.3 is 30.3 Å². The third kappa shape index (κ3) is 8.51. The van der Waals surface area contributed by atoms with E-state index in [0.717, 1.165) is 24.8 Å². The molecular formula is C35H32ClF9N6O5. The smallest absolute Gasteiger partial charge is 0.475 e. The summed E-state index contributed by atoms with van der Waals surface area (Å²) in [6.45, 7) is 2.35. The maximum absolute atomic E-state index is 16.6. The Bertz CT molecular complexity index is 2100. The molecule has 2 aromatic carbocycles. The number of nitrogens with one attached hydrogen (secondary N) is 1. The Kier molecular flexibility index (Phi) is 11.5. The second-order valence-corrected chi connectivity index (χ2v) is 14.2. The number of piperazine rings is 1. The van der Waals surface area contributed by atoms with Crippen molar-refractivity contribution < 1.29 is 64.1 Å². The van der Waals surface area contributed by atoms with E-state index in [-0.39, 0.29) is 35.9 Å². The molecule has 5 unspecified atom stereocenters. The van der Waals surface area contributed by atoms with Gasteiger partial charge in [0.1, 0.15) is 36.0 Å². The first kappa shape index (κ1) is 41.0. The van der Waals surface area contributed by atoms with Crippen LogP contribution in [0.15, 0.2) is 42.6 Å². The van der Waals surface area contributed by atoms with Gasteiger partial charge in [-0.3, -0.25) is 9.88 Å². The lowest BCUT2D eigenvalue weighted by Gasteiger charge is -2.34. The van der Waals surface area contributed by atoms with Crippen LogP contribution < -0.4 is 15.0 Å². The highest BCUT2D eigenvalue weighted by Crippen LogP contribution is 2.42. The molecule has 3 N–H and O–H groups in total. The second-order valence-electron chi connectivity index (χ2n) is 13.8. The van der Waals surface area contributed by atoms with Crippen LogP contribution in [0.5, 0.6) is 6.01 Å². The molecular weight excluding hydrogens is 791 g/mol. The van der Waals surface area contributed by atoms with Crippen LogP contribution in [0.2, 0.25) is 5.02 Å². The highest BCUT2D eigenvalue weighted by molar-refractivity contribution is 6.36. The Morgan fingerprint density at radius 2 is 1.64 bits per heavy atom. The summed E-state index contributed by atoms with van der Waals surface area (Å²) in [6, 6.07) is 10.8.